The van der Waals surface area contributed by atoms with Gasteiger partial charge in [-0.3, -0.25) is 10.1 Å². The monoisotopic (exact) mass is 387 g/mol. The van der Waals surface area contributed by atoms with Crippen molar-refractivity contribution in [3.8, 4) is 22.1 Å². The van der Waals surface area contributed by atoms with Crippen LogP contribution in [-0.2, 0) is 4.79 Å². The maximum absolute atomic E-state index is 13.0. The smallest absolute Gasteiger partial charge is 0.267 e. The summed E-state index contributed by atoms with van der Waals surface area (Å²) >= 11 is 1.26. The second-order valence-electron chi connectivity index (χ2n) is 5.60. The Balaban J connectivity index is 1.65. The summed E-state index contributed by atoms with van der Waals surface area (Å²) in [6.07, 6.45) is -0.267. The number of nitrogens with zero attached hydrogens (tertiary/aromatic N) is 2. The van der Waals surface area contributed by atoms with Gasteiger partial charge in [-0.2, -0.15) is 0 Å². The first-order valence-electron chi connectivity index (χ1n) is 8.30. The molecule has 0 radical (unpaired) electrons. The van der Waals surface area contributed by atoms with E-state index in [2.05, 4.69) is 15.5 Å². The maximum Gasteiger partial charge on any atom is 0.267 e. The predicted octanol–water partition coefficient (Wildman–Crippen LogP) is 4.15. The fourth-order valence-corrected chi connectivity index (χ4v) is 3.06. The Morgan fingerprint density at radius 1 is 1.11 bits per heavy atom. The van der Waals surface area contributed by atoms with Crippen molar-refractivity contribution in [2.45, 2.75) is 19.4 Å². The molecule has 0 saturated carbocycles. The van der Waals surface area contributed by atoms with E-state index in [4.69, 9.17) is 9.47 Å². The Labute approximate surface area is 160 Å². The lowest BCUT2D eigenvalue weighted by molar-refractivity contribution is -0.122. The third-order valence-electron chi connectivity index (χ3n) is 3.75. The van der Waals surface area contributed by atoms with Crippen molar-refractivity contribution in [3.05, 3.63) is 54.3 Å². The van der Waals surface area contributed by atoms with Crippen LogP contribution >= 0.6 is 11.3 Å². The number of carbonyl (C=O) groups is 1. The first-order valence-corrected chi connectivity index (χ1v) is 9.11. The van der Waals surface area contributed by atoms with Crippen molar-refractivity contribution in [2.24, 2.45) is 0 Å². The van der Waals surface area contributed by atoms with Gasteiger partial charge in [0.25, 0.3) is 5.91 Å². The molecule has 0 saturated heterocycles. The number of nitrogens with one attached hydrogen (secondary N) is 1. The number of hydrogen-bond acceptors (Lipinski definition) is 6. The standard InChI is InChI=1S/C19H18FN3O3S/c1-3-16(26-15-10-6-13(20)7-11-15)17(24)21-19-23-22-18(27-19)12-4-8-14(25-2)9-5-12/h4-11,16H,3H2,1-2H3,(H,21,23,24). The molecule has 0 fully saturated rings. The molecule has 1 aromatic heterocycles. The van der Waals surface area contributed by atoms with Crippen LogP contribution in [0, 0.1) is 5.82 Å². The maximum atomic E-state index is 13.0. The van der Waals surface area contributed by atoms with E-state index in [-0.39, 0.29) is 11.7 Å². The van der Waals surface area contributed by atoms with Gasteiger partial charge in [-0.1, -0.05) is 18.3 Å². The molecular formula is C19H18FN3O3S. The second kappa shape index (κ2) is 8.59. The molecule has 1 heterocycles. The Morgan fingerprint density at radius 2 is 1.78 bits per heavy atom. The van der Waals surface area contributed by atoms with E-state index in [0.717, 1.165) is 11.3 Å². The van der Waals surface area contributed by atoms with Crippen molar-refractivity contribution in [1.82, 2.24) is 10.2 Å². The zero-order chi connectivity index (χ0) is 19.2. The van der Waals surface area contributed by atoms with Crippen LogP contribution in [0.4, 0.5) is 9.52 Å². The Hall–Kier alpha value is -3.00. The van der Waals surface area contributed by atoms with Crippen LogP contribution in [0.5, 0.6) is 11.5 Å². The zero-order valence-electron chi connectivity index (χ0n) is 14.8. The molecule has 1 amide bonds. The summed E-state index contributed by atoms with van der Waals surface area (Å²) in [5.41, 5.74) is 0.878. The van der Waals surface area contributed by atoms with Gasteiger partial charge in [0, 0.05) is 5.56 Å². The lowest BCUT2D eigenvalue weighted by atomic mass is 10.2. The summed E-state index contributed by atoms with van der Waals surface area (Å²) < 4.78 is 23.7. The van der Waals surface area contributed by atoms with Crippen molar-refractivity contribution in [1.29, 1.82) is 0 Å². The van der Waals surface area contributed by atoms with Crippen LogP contribution in [0.3, 0.4) is 0 Å². The van der Waals surface area contributed by atoms with Gasteiger partial charge in [0.05, 0.1) is 7.11 Å². The van der Waals surface area contributed by atoms with Crippen molar-refractivity contribution < 1.29 is 18.7 Å². The molecule has 6 nitrogen and oxygen atoms in total. The topological polar surface area (TPSA) is 73.3 Å². The molecule has 0 aliphatic heterocycles. The first kappa shape index (κ1) is 18.8. The van der Waals surface area contributed by atoms with E-state index < -0.39 is 6.10 Å². The van der Waals surface area contributed by atoms with E-state index in [1.165, 1.54) is 35.6 Å². The lowest BCUT2D eigenvalue weighted by Crippen LogP contribution is -2.32. The van der Waals surface area contributed by atoms with E-state index in [1.54, 1.807) is 7.11 Å². The molecule has 0 aliphatic carbocycles. The number of ether oxygens (including phenoxy) is 2. The fourth-order valence-electron chi connectivity index (χ4n) is 2.31. The highest BCUT2D eigenvalue weighted by atomic mass is 32.1. The molecular weight excluding hydrogens is 369 g/mol. The molecule has 1 N–H and O–H groups in total. The van der Waals surface area contributed by atoms with Crippen molar-refractivity contribution >= 4 is 22.4 Å². The minimum Gasteiger partial charge on any atom is -0.497 e. The fraction of sp³-hybridized carbons (Fsp3) is 0.211. The molecule has 3 rings (SSSR count). The van der Waals surface area contributed by atoms with Gasteiger partial charge in [-0.25, -0.2) is 4.39 Å². The molecule has 8 heteroatoms. The summed E-state index contributed by atoms with van der Waals surface area (Å²) in [6.45, 7) is 1.83. The van der Waals surface area contributed by atoms with Crippen LogP contribution in [0.2, 0.25) is 0 Å². The first-order chi connectivity index (χ1) is 13.1. The average molecular weight is 387 g/mol. The van der Waals surface area contributed by atoms with Gasteiger partial charge >= 0.3 is 0 Å². The lowest BCUT2D eigenvalue weighted by Gasteiger charge is -2.16. The number of aromatic nitrogens is 2. The largest absolute Gasteiger partial charge is 0.497 e. The zero-order valence-corrected chi connectivity index (χ0v) is 15.6. The molecule has 0 bridgehead atoms. The van der Waals surface area contributed by atoms with E-state index in [1.807, 2.05) is 31.2 Å². The van der Waals surface area contributed by atoms with E-state index in [0.29, 0.717) is 22.3 Å². The second-order valence-corrected chi connectivity index (χ2v) is 6.58. The molecule has 27 heavy (non-hydrogen) atoms. The number of benzene rings is 2. The quantitative estimate of drug-likeness (QED) is 0.659. The highest BCUT2D eigenvalue weighted by Gasteiger charge is 2.20. The Morgan fingerprint density at radius 3 is 2.41 bits per heavy atom. The number of carbonyl (C=O) groups excluding carboxylic acids is 1. The normalized spacial score (nSPS) is 11.7. The molecule has 0 aliphatic rings. The van der Waals surface area contributed by atoms with Crippen LogP contribution in [0.25, 0.3) is 10.6 Å². The van der Waals surface area contributed by atoms with Gasteiger partial charge in [0.15, 0.2) is 6.10 Å². The van der Waals surface area contributed by atoms with Gasteiger partial charge < -0.3 is 9.47 Å². The molecule has 0 spiro atoms. The highest BCUT2D eigenvalue weighted by molar-refractivity contribution is 7.18. The number of halogens is 1. The van der Waals surface area contributed by atoms with E-state index in [9.17, 15) is 9.18 Å². The summed E-state index contributed by atoms with van der Waals surface area (Å²) in [4.78, 5) is 12.5. The number of hydrogen-bond donors (Lipinski definition) is 1. The van der Waals surface area contributed by atoms with Gasteiger partial charge in [-0.05, 0) is 55.0 Å². The van der Waals surface area contributed by atoms with E-state index >= 15 is 0 Å². The molecule has 140 valence electrons. The number of anilines is 1. The predicted molar refractivity (Wildman–Crippen MR) is 102 cm³/mol. The third-order valence-corrected chi connectivity index (χ3v) is 4.64. The van der Waals surface area contributed by atoms with Gasteiger partial charge in [0.1, 0.15) is 22.3 Å². The summed E-state index contributed by atoms with van der Waals surface area (Å²) in [5, 5.41) is 11.9. The van der Waals surface area contributed by atoms with Crippen LogP contribution < -0.4 is 14.8 Å². The van der Waals surface area contributed by atoms with Gasteiger partial charge in [-0.15, -0.1) is 10.2 Å². The van der Waals surface area contributed by atoms with Gasteiger partial charge in [0.2, 0.25) is 5.13 Å². The summed E-state index contributed by atoms with van der Waals surface area (Å²) in [6, 6.07) is 12.9. The minimum atomic E-state index is -0.719. The minimum absolute atomic E-state index is 0.334. The molecule has 2 aromatic carbocycles. The van der Waals surface area contributed by atoms with Crippen LogP contribution in [-0.4, -0.2) is 29.3 Å². The summed E-state index contributed by atoms with van der Waals surface area (Å²) in [7, 11) is 1.60. The number of rotatable bonds is 7. The molecule has 3 aromatic rings. The third kappa shape index (κ3) is 4.79. The van der Waals surface area contributed by atoms with Crippen molar-refractivity contribution in [2.75, 3.05) is 12.4 Å². The molecule has 1 unspecified atom stereocenters. The SMILES string of the molecule is CCC(Oc1ccc(F)cc1)C(=O)Nc1nnc(-c2ccc(OC)cc2)s1. The van der Waals surface area contributed by atoms with Crippen LogP contribution in [0.1, 0.15) is 13.3 Å². The summed E-state index contributed by atoms with van der Waals surface area (Å²) in [5.74, 6) is 0.481. The highest BCUT2D eigenvalue weighted by Crippen LogP contribution is 2.28. The molecule has 1 atom stereocenters. The number of amides is 1. The Bertz CT molecular complexity index is 897. The number of methoxy groups -OCH3 is 1. The van der Waals surface area contributed by atoms with Crippen molar-refractivity contribution in [3.63, 3.8) is 0 Å². The van der Waals surface area contributed by atoms with Crippen LogP contribution in [0.15, 0.2) is 48.5 Å². The Kier molecular flexibility index (Phi) is 5.97. The average Bonchev–Trinajstić information content (AvgIpc) is 3.16.